The number of benzene rings is 3. The largest absolute Gasteiger partial charge is 0.494 e. The first-order valence-corrected chi connectivity index (χ1v) is 17.0. The van der Waals surface area contributed by atoms with E-state index in [9.17, 15) is 14.4 Å². The third kappa shape index (κ3) is 6.88. The Morgan fingerprint density at radius 3 is 2.44 bits per heavy atom. The molecule has 5 aromatic rings. The number of hydrogen-bond acceptors (Lipinski definition) is 10. The standard InChI is InChI=1S/C38H36N4O7S/c1-6-19-48-29-16-13-25(14-17-29)34-27(22-41(40-34)28-11-9-8-10-12-28)21-32-36(44)42-35(26-15-18-30(49-24(4)43)31(20-26)46-5)33(37(45)47-7-2)23(3)39-38(42)50-32/h8-18,20-22,35H,6-7,19H2,1-5H3/b32-21-/t35-/m0/s1. The third-order valence-corrected chi connectivity index (χ3v) is 8.91. The number of methoxy groups -OCH3 is 1. The average Bonchev–Trinajstić information content (AvgIpc) is 3.67. The van der Waals surface area contributed by atoms with E-state index in [0.29, 0.717) is 38.5 Å². The number of ether oxygens (including phenoxy) is 4. The lowest BCUT2D eigenvalue weighted by molar-refractivity contribution is -0.139. The van der Waals surface area contributed by atoms with Crippen molar-refractivity contribution in [2.45, 2.75) is 40.2 Å². The van der Waals surface area contributed by atoms with Crippen LogP contribution in [0.2, 0.25) is 0 Å². The van der Waals surface area contributed by atoms with Gasteiger partial charge in [-0.2, -0.15) is 5.10 Å². The summed E-state index contributed by atoms with van der Waals surface area (Å²) in [6.07, 6.45) is 4.59. The molecule has 1 aliphatic heterocycles. The molecule has 0 N–H and O–H groups in total. The molecule has 0 aliphatic carbocycles. The number of nitrogens with zero attached hydrogens (tertiary/aromatic N) is 4. The van der Waals surface area contributed by atoms with E-state index >= 15 is 0 Å². The fraction of sp³-hybridized carbons (Fsp3) is 0.237. The van der Waals surface area contributed by atoms with Crippen LogP contribution in [0.4, 0.5) is 0 Å². The van der Waals surface area contributed by atoms with Crippen LogP contribution < -0.4 is 29.1 Å². The molecule has 1 atom stereocenters. The molecular formula is C38H36N4O7S. The molecular weight excluding hydrogens is 657 g/mol. The van der Waals surface area contributed by atoms with E-state index in [4.69, 9.17) is 29.0 Å². The summed E-state index contributed by atoms with van der Waals surface area (Å²) in [4.78, 5) is 44.7. The molecule has 0 fully saturated rings. The van der Waals surface area contributed by atoms with Gasteiger partial charge in [-0.3, -0.25) is 14.2 Å². The molecule has 12 heteroatoms. The lowest BCUT2D eigenvalue weighted by Gasteiger charge is -2.25. The summed E-state index contributed by atoms with van der Waals surface area (Å²) in [6.45, 7) is 7.55. The quantitative estimate of drug-likeness (QED) is 0.134. The van der Waals surface area contributed by atoms with Gasteiger partial charge >= 0.3 is 11.9 Å². The Morgan fingerprint density at radius 2 is 1.76 bits per heavy atom. The van der Waals surface area contributed by atoms with Gasteiger partial charge in [0.15, 0.2) is 16.3 Å². The Kier molecular flexibility index (Phi) is 10.1. The van der Waals surface area contributed by atoms with Crippen molar-refractivity contribution >= 4 is 29.4 Å². The number of carbonyl (C=O) groups excluding carboxylic acids is 2. The van der Waals surface area contributed by atoms with Crippen molar-refractivity contribution in [1.82, 2.24) is 14.3 Å². The normalized spacial score (nSPS) is 14.2. The summed E-state index contributed by atoms with van der Waals surface area (Å²) >= 11 is 1.21. The lowest BCUT2D eigenvalue weighted by atomic mass is 9.95. The van der Waals surface area contributed by atoms with Crippen LogP contribution in [0.15, 0.2) is 100 Å². The van der Waals surface area contributed by atoms with Gasteiger partial charge in [0.25, 0.3) is 5.56 Å². The molecule has 0 radical (unpaired) electrons. The molecule has 3 heterocycles. The Labute approximate surface area is 292 Å². The van der Waals surface area contributed by atoms with Crippen LogP contribution in [0.5, 0.6) is 17.2 Å². The molecule has 0 amide bonds. The number of fused-ring (bicyclic) bond motifs is 1. The van der Waals surface area contributed by atoms with Gasteiger partial charge in [-0.15, -0.1) is 0 Å². The fourth-order valence-corrected chi connectivity index (χ4v) is 6.74. The summed E-state index contributed by atoms with van der Waals surface area (Å²) < 4.78 is 25.7. The zero-order valence-electron chi connectivity index (χ0n) is 28.3. The van der Waals surface area contributed by atoms with Crippen LogP contribution in [0.25, 0.3) is 23.0 Å². The molecule has 0 unspecified atom stereocenters. The first-order chi connectivity index (χ1) is 24.2. The molecule has 11 nitrogen and oxygen atoms in total. The van der Waals surface area contributed by atoms with Gasteiger partial charge in [-0.1, -0.05) is 42.5 Å². The average molecular weight is 693 g/mol. The Bertz CT molecular complexity index is 2270. The maximum Gasteiger partial charge on any atom is 0.338 e. The highest BCUT2D eigenvalue weighted by molar-refractivity contribution is 7.07. The molecule has 6 rings (SSSR count). The van der Waals surface area contributed by atoms with Crippen LogP contribution in [-0.4, -0.2) is 46.6 Å². The minimum absolute atomic E-state index is 0.140. The van der Waals surface area contributed by atoms with Crippen LogP contribution in [0, 0.1) is 0 Å². The molecule has 3 aromatic carbocycles. The van der Waals surface area contributed by atoms with Gasteiger partial charge in [-0.25, -0.2) is 14.5 Å². The zero-order chi connectivity index (χ0) is 35.4. The second-order valence-corrected chi connectivity index (χ2v) is 12.4. The maximum absolute atomic E-state index is 14.4. The molecule has 1 aliphatic rings. The van der Waals surface area contributed by atoms with Gasteiger partial charge in [0, 0.05) is 24.2 Å². The van der Waals surface area contributed by atoms with Crippen molar-refractivity contribution in [3.63, 3.8) is 0 Å². The summed E-state index contributed by atoms with van der Waals surface area (Å²) in [5, 5.41) is 4.93. The number of thiazole rings is 1. The number of aromatic nitrogens is 3. The number of carbonyl (C=O) groups is 2. The first-order valence-electron chi connectivity index (χ1n) is 16.2. The fourth-order valence-electron chi connectivity index (χ4n) is 5.70. The van der Waals surface area contributed by atoms with Crippen LogP contribution >= 0.6 is 11.3 Å². The smallest absolute Gasteiger partial charge is 0.338 e. The molecule has 0 saturated carbocycles. The van der Waals surface area contributed by atoms with E-state index < -0.39 is 18.0 Å². The third-order valence-electron chi connectivity index (χ3n) is 7.92. The second kappa shape index (κ2) is 14.8. The Balaban J connectivity index is 1.52. The van der Waals surface area contributed by atoms with Crippen LogP contribution in [-0.2, 0) is 14.3 Å². The first kappa shape index (κ1) is 34.1. The van der Waals surface area contributed by atoms with Crippen LogP contribution in [0.1, 0.15) is 51.3 Å². The van der Waals surface area contributed by atoms with Gasteiger partial charge in [-0.05, 0) is 80.4 Å². The summed E-state index contributed by atoms with van der Waals surface area (Å²) in [6, 6.07) is 21.5. The van der Waals surface area contributed by atoms with Crippen molar-refractivity contribution in [2.75, 3.05) is 20.3 Å². The lowest BCUT2D eigenvalue weighted by Crippen LogP contribution is -2.40. The number of allylic oxidation sites excluding steroid dienone is 1. The zero-order valence-corrected chi connectivity index (χ0v) is 29.2. The second-order valence-electron chi connectivity index (χ2n) is 11.4. The van der Waals surface area contributed by atoms with E-state index in [1.807, 2.05) is 60.8 Å². The molecule has 50 heavy (non-hydrogen) atoms. The molecule has 2 aromatic heterocycles. The molecule has 0 spiro atoms. The molecule has 0 saturated heterocycles. The topological polar surface area (TPSA) is 123 Å². The highest BCUT2D eigenvalue weighted by atomic mass is 32.1. The van der Waals surface area contributed by atoms with Crippen LogP contribution in [0.3, 0.4) is 0 Å². The summed E-state index contributed by atoms with van der Waals surface area (Å²) in [5.41, 5.74) is 3.94. The molecule has 0 bridgehead atoms. The Hall–Kier alpha value is -5.75. The minimum atomic E-state index is -0.894. The number of hydrogen-bond donors (Lipinski definition) is 0. The number of esters is 2. The van der Waals surface area contributed by atoms with Crippen molar-refractivity contribution in [1.29, 1.82) is 0 Å². The van der Waals surface area contributed by atoms with E-state index in [2.05, 4.69) is 6.92 Å². The van der Waals surface area contributed by atoms with Crippen molar-refractivity contribution in [2.24, 2.45) is 4.99 Å². The van der Waals surface area contributed by atoms with Gasteiger partial charge < -0.3 is 18.9 Å². The van der Waals surface area contributed by atoms with E-state index in [1.54, 1.807) is 42.8 Å². The Morgan fingerprint density at radius 1 is 1.00 bits per heavy atom. The predicted molar refractivity (Wildman–Crippen MR) is 189 cm³/mol. The summed E-state index contributed by atoms with van der Waals surface area (Å²) in [7, 11) is 1.45. The van der Waals surface area contributed by atoms with Crippen molar-refractivity contribution in [3.8, 4) is 34.2 Å². The van der Waals surface area contributed by atoms with Crippen molar-refractivity contribution < 1.29 is 28.5 Å². The van der Waals surface area contributed by atoms with E-state index in [-0.39, 0.29) is 29.2 Å². The van der Waals surface area contributed by atoms with Gasteiger partial charge in [0.2, 0.25) is 0 Å². The minimum Gasteiger partial charge on any atom is -0.494 e. The molecule has 256 valence electrons. The van der Waals surface area contributed by atoms with Gasteiger partial charge in [0.1, 0.15) is 11.4 Å². The van der Waals surface area contributed by atoms with E-state index in [1.165, 1.54) is 29.9 Å². The van der Waals surface area contributed by atoms with Gasteiger partial charge in [0.05, 0.1) is 47.9 Å². The summed E-state index contributed by atoms with van der Waals surface area (Å²) in [5.74, 6) is 0.138. The highest BCUT2D eigenvalue weighted by Gasteiger charge is 2.34. The monoisotopic (exact) mass is 692 g/mol. The van der Waals surface area contributed by atoms with Crippen molar-refractivity contribution in [3.05, 3.63) is 121 Å². The predicted octanol–water partition coefficient (Wildman–Crippen LogP) is 5.37. The maximum atomic E-state index is 14.4. The number of para-hydroxylation sites is 1. The SMILES string of the molecule is CCCOc1ccc(-c2nn(-c3ccccc3)cc2/C=c2\sc3n(c2=O)[C@@H](c2ccc(OC(C)=O)c(OC)c2)C(C(=O)OCC)=C(C)N=3)cc1. The highest BCUT2D eigenvalue weighted by Crippen LogP contribution is 2.36. The van der Waals surface area contributed by atoms with E-state index in [0.717, 1.165) is 23.4 Å². The number of rotatable bonds is 11.